The van der Waals surface area contributed by atoms with Gasteiger partial charge in [-0.15, -0.1) is 0 Å². The maximum Gasteiger partial charge on any atom is 0.576 e. The first-order valence-electron chi connectivity index (χ1n) is 6.06. The van der Waals surface area contributed by atoms with Crippen LogP contribution in [0.4, 0.5) is 8.78 Å². The summed E-state index contributed by atoms with van der Waals surface area (Å²) in [5.41, 5.74) is 0.767. The Hall–Kier alpha value is -1.46. The van der Waals surface area contributed by atoms with Crippen LogP contribution in [-0.4, -0.2) is 7.69 Å². The van der Waals surface area contributed by atoms with E-state index in [2.05, 4.69) is 0 Å². The van der Waals surface area contributed by atoms with Crippen LogP contribution < -0.4 is 9.31 Å². The highest BCUT2D eigenvalue weighted by Gasteiger charge is 2.16. The molecule has 0 aromatic heterocycles. The van der Waals surface area contributed by atoms with Crippen molar-refractivity contribution in [1.82, 2.24) is 0 Å². The normalized spacial score (nSPS) is 10.4. The molecule has 0 aliphatic heterocycles. The van der Waals surface area contributed by atoms with Gasteiger partial charge in [-0.3, -0.25) is 0 Å². The molecule has 2 aromatic rings. The monoisotopic (exact) mass is 330 g/mol. The van der Waals surface area contributed by atoms with Crippen LogP contribution in [0.3, 0.4) is 0 Å². The van der Waals surface area contributed by atoms with Crippen molar-refractivity contribution in [3.63, 3.8) is 0 Å². The summed E-state index contributed by atoms with van der Waals surface area (Å²) < 4.78 is 38.0. The molecule has 0 N–H and O–H groups in total. The van der Waals surface area contributed by atoms with Crippen molar-refractivity contribution in [2.75, 3.05) is 0 Å². The molecule has 0 atom stereocenters. The topological polar surface area (TPSA) is 18.5 Å². The lowest BCUT2D eigenvalue weighted by Crippen LogP contribution is -2.14. The van der Waals surface area contributed by atoms with E-state index in [-0.39, 0.29) is 21.5 Å². The van der Waals surface area contributed by atoms with Gasteiger partial charge in [-0.2, -0.15) is 0 Å². The number of halogens is 4. The zero-order chi connectivity index (χ0) is 15.6. The molecule has 0 unspecified atom stereocenters. The third-order valence-corrected chi connectivity index (χ3v) is 3.49. The standard InChI is InChI=1S/C14H11BCl2F2O2/c1-7-3-5-9(16)13(11(7)18)20-15-21-14-10(17)6-4-8(2)12(14)19/h3-6,15H,1-2H3. The van der Waals surface area contributed by atoms with Crippen LogP contribution in [0, 0.1) is 25.5 Å². The van der Waals surface area contributed by atoms with Gasteiger partial charge in [-0.05, 0) is 37.1 Å². The van der Waals surface area contributed by atoms with E-state index < -0.39 is 19.3 Å². The Morgan fingerprint density at radius 3 is 1.57 bits per heavy atom. The van der Waals surface area contributed by atoms with Crippen molar-refractivity contribution in [3.05, 3.63) is 57.1 Å². The van der Waals surface area contributed by atoms with Gasteiger partial charge in [0.15, 0.2) is 23.1 Å². The predicted molar refractivity (Wildman–Crippen MR) is 80.7 cm³/mol. The molecule has 0 saturated heterocycles. The molecule has 21 heavy (non-hydrogen) atoms. The first-order valence-corrected chi connectivity index (χ1v) is 6.82. The maximum atomic E-state index is 13.8. The second-order valence-electron chi connectivity index (χ2n) is 4.42. The van der Waals surface area contributed by atoms with Gasteiger partial charge in [0, 0.05) is 0 Å². The van der Waals surface area contributed by atoms with Crippen LogP contribution in [0.1, 0.15) is 11.1 Å². The van der Waals surface area contributed by atoms with Crippen LogP contribution in [0.5, 0.6) is 11.5 Å². The average Bonchev–Trinajstić information content (AvgIpc) is 2.46. The number of aryl methyl sites for hydroxylation is 2. The minimum atomic E-state index is -0.582. The van der Waals surface area contributed by atoms with E-state index in [0.717, 1.165) is 0 Å². The van der Waals surface area contributed by atoms with Crippen molar-refractivity contribution >= 4 is 30.9 Å². The number of hydrogen-bond acceptors (Lipinski definition) is 2. The van der Waals surface area contributed by atoms with Crippen molar-refractivity contribution in [1.29, 1.82) is 0 Å². The Labute approximate surface area is 131 Å². The van der Waals surface area contributed by atoms with Gasteiger partial charge < -0.3 is 9.31 Å². The molecule has 0 spiro atoms. The lowest BCUT2D eigenvalue weighted by Gasteiger charge is -2.13. The molecule has 7 heteroatoms. The molecule has 0 radical (unpaired) electrons. The second-order valence-corrected chi connectivity index (χ2v) is 5.24. The van der Waals surface area contributed by atoms with Crippen LogP contribution in [-0.2, 0) is 0 Å². The van der Waals surface area contributed by atoms with Gasteiger partial charge in [0.05, 0.1) is 10.0 Å². The highest BCUT2D eigenvalue weighted by Crippen LogP contribution is 2.31. The second kappa shape index (κ2) is 6.54. The highest BCUT2D eigenvalue weighted by molar-refractivity contribution is 6.34. The largest absolute Gasteiger partial charge is 0.576 e. The highest BCUT2D eigenvalue weighted by atomic mass is 35.5. The minimum absolute atomic E-state index is 0.109. The average molecular weight is 331 g/mol. The Kier molecular flexibility index (Phi) is 4.96. The number of benzene rings is 2. The van der Waals surface area contributed by atoms with E-state index >= 15 is 0 Å². The molecule has 110 valence electrons. The summed E-state index contributed by atoms with van der Waals surface area (Å²) in [5, 5.41) is 0.218. The van der Waals surface area contributed by atoms with E-state index in [0.29, 0.717) is 11.1 Å². The summed E-state index contributed by atoms with van der Waals surface area (Å²) in [6.45, 7) is 3.16. The molecule has 0 fully saturated rings. The summed E-state index contributed by atoms with van der Waals surface area (Å²) >= 11 is 11.7. The van der Waals surface area contributed by atoms with Crippen LogP contribution >= 0.6 is 23.2 Å². The first-order chi connectivity index (χ1) is 9.91. The summed E-state index contributed by atoms with van der Waals surface area (Å²) in [7, 11) is -0.416. The SMILES string of the molecule is Cc1ccc(Cl)c(OBOc2c(Cl)ccc(C)c2F)c1F. The van der Waals surface area contributed by atoms with Gasteiger partial charge >= 0.3 is 7.69 Å². The Balaban J connectivity index is 2.13. The summed E-state index contributed by atoms with van der Waals surface area (Å²) in [5.74, 6) is -1.44. The molecule has 0 amide bonds. The Morgan fingerprint density at radius 1 is 0.810 bits per heavy atom. The lowest BCUT2D eigenvalue weighted by molar-refractivity contribution is 0.419. The van der Waals surface area contributed by atoms with Gasteiger partial charge in [-0.25, -0.2) is 8.78 Å². The quantitative estimate of drug-likeness (QED) is 0.762. The number of hydrogen-bond donors (Lipinski definition) is 0. The zero-order valence-corrected chi connectivity index (χ0v) is 12.9. The van der Waals surface area contributed by atoms with Crippen LogP contribution in [0.25, 0.3) is 0 Å². The fraction of sp³-hybridized carbons (Fsp3) is 0.143. The van der Waals surface area contributed by atoms with Crippen molar-refractivity contribution in [2.24, 2.45) is 0 Å². The van der Waals surface area contributed by atoms with Gasteiger partial charge in [0.2, 0.25) is 0 Å². The molecule has 0 saturated carbocycles. The van der Waals surface area contributed by atoms with Crippen molar-refractivity contribution in [3.8, 4) is 11.5 Å². The molecular weight excluding hydrogens is 320 g/mol. The molecule has 2 rings (SSSR count). The molecule has 2 aromatic carbocycles. The van der Waals surface area contributed by atoms with Crippen molar-refractivity contribution in [2.45, 2.75) is 13.8 Å². The number of rotatable bonds is 4. The maximum absolute atomic E-state index is 13.8. The Bertz CT molecular complexity index is 623. The zero-order valence-electron chi connectivity index (χ0n) is 11.3. The summed E-state index contributed by atoms with van der Waals surface area (Å²) in [4.78, 5) is 0. The van der Waals surface area contributed by atoms with E-state index in [9.17, 15) is 8.78 Å². The molecule has 0 aliphatic rings. The smallest absolute Gasteiger partial charge is 0.525 e. The molecule has 0 bridgehead atoms. The van der Waals surface area contributed by atoms with Crippen LogP contribution in [0.2, 0.25) is 10.0 Å². The fourth-order valence-corrected chi connectivity index (χ4v) is 2.07. The van der Waals surface area contributed by atoms with E-state index in [1.165, 1.54) is 24.3 Å². The summed E-state index contributed by atoms with van der Waals surface area (Å²) in [6, 6.07) is 6.08. The van der Waals surface area contributed by atoms with Gasteiger partial charge in [0.25, 0.3) is 0 Å². The molecule has 0 heterocycles. The predicted octanol–water partition coefficient (Wildman–Crippen LogP) is 4.61. The van der Waals surface area contributed by atoms with E-state index in [1.54, 1.807) is 13.8 Å². The Morgan fingerprint density at radius 2 is 1.19 bits per heavy atom. The minimum Gasteiger partial charge on any atom is -0.525 e. The third kappa shape index (κ3) is 3.42. The molecule has 0 aliphatic carbocycles. The van der Waals surface area contributed by atoms with Crippen molar-refractivity contribution < 1.29 is 18.1 Å². The first kappa shape index (κ1) is 15.9. The third-order valence-electron chi connectivity index (χ3n) is 2.89. The van der Waals surface area contributed by atoms with Crippen LogP contribution in [0.15, 0.2) is 24.3 Å². The fourth-order valence-electron chi connectivity index (χ4n) is 1.67. The summed E-state index contributed by atoms with van der Waals surface area (Å²) in [6.07, 6.45) is 0. The van der Waals surface area contributed by atoms with E-state index in [4.69, 9.17) is 32.5 Å². The van der Waals surface area contributed by atoms with E-state index in [1.807, 2.05) is 0 Å². The van der Waals surface area contributed by atoms with Gasteiger partial charge in [-0.1, -0.05) is 35.3 Å². The molecule has 2 nitrogen and oxygen atoms in total. The van der Waals surface area contributed by atoms with Gasteiger partial charge in [0.1, 0.15) is 0 Å². The lowest BCUT2D eigenvalue weighted by atomic mass is 10.2. The molecular formula is C14H11BCl2F2O2.